The van der Waals surface area contributed by atoms with Crippen molar-refractivity contribution in [2.45, 2.75) is 31.2 Å². The smallest absolute Gasteiger partial charge is 0.227 e. The minimum absolute atomic E-state index is 0.00395. The van der Waals surface area contributed by atoms with Gasteiger partial charge in [0.15, 0.2) is 0 Å². The number of nitrogens with zero attached hydrogens (tertiary/aromatic N) is 6. The molecule has 2 aliphatic rings. The fraction of sp³-hybridized carbons (Fsp3) is 0.579. The SMILES string of the molecule is CC(C)C(CO)Nc1nc(N2CCN(c3ccncn3)CC2)nc2c1[S@](=O)CC2. The molecule has 0 aromatic carbocycles. The van der Waals surface area contributed by atoms with E-state index in [1.54, 1.807) is 12.5 Å². The zero-order chi connectivity index (χ0) is 20.4. The highest BCUT2D eigenvalue weighted by atomic mass is 32.2. The van der Waals surface area contributed by atoms with Crippen molar-refractivity contribution in [1.82, 2.24) is 19.9 Å². The second kappa shape index (κ2) is 8.58. The number of anilines is 3. The Labute approximate surface area is 173 Å². The van der Waals surface area contributed by atoms with Gasteiger partial charge in [0, 0.05) is 44.5 Å². The van der Waals surface area contributed by atoms with Crippen molar-refractivity contribution < 1.29 is 9.32 Å². The van der Waals surface area contributed by atoms with Gasteiger partial charge in [-0.3, -0.25) is 4.21 Å². The molecule has 1 saturated heterocycles. The van der Waals surface area contributed by atoms with Crippen molar-refractivity contribution in [3.63, 3.8) is 0 Å². The fourth-order valence-corrected chi connectivity index (χ4v) is 4.94. The summed E-state index contributed by atoms with van der Waals surface area (Å²) in [4.78, 5) is 22.9. The Balaban J connectivity index is 1.55. The minimum atomic E-state index is -1.09. The van der Waals surface area contributed by atoms with Crippen LogP contribution in [0.2, 0.25) is 0 Å². The normalized spacial score (nSPS) is 20.1. The van der Waals surface area contributed by atoms with Crippen molar-refractivity contribution in [3.8, 4) is 0 Å². The molecule has 2 N–H and O–H groups in total. The molecule has 4 rings (SSSR count). The lowest BCUT2D eigenvalue weighted by molar-refractivity contribution is 0.249. The molecule has 156 valence electrons. The van der Waals surface area contributed by atoms with Crippen LogP contribution in [0.25, 0.3) is 0 Å². The van der Waals surface area contributed by atoms with Crippen molar-refractivity contribution in [2.24, 2.45) is 5.92 Å². The number of nitrogens with one attached hydrogen (secondary N) is 1. The number of rotatable bonds is 6. The number of aliphatic hydroxyl groups excluding tert-OH is 1. The summed E-state index contributed by atoms with van der Waals surface area (Å²) in [5, 5.41) is 13.0. The number of aliphatic hydroxyl groups is 1. The van der Waals surface area contributed by atoms with Gasteiger partial charge in [0.1, 0.15) is 22.9 Å². The van der Waals surface area contributed by atoms with Gasteiger partial charge in [0.05, 0.1) is 29.1 Å². The highest BCUT2D eigenvalue weighted by molar-refractivity contribution is 7.85. The summed E-state index contributed by atoms with van der Waals surface area (Å²) in [5.41, 5.74) is 0.856. The van der Waals surface area contributed by atoms with E-state index in [1.807, 2.05) is 19.9 Å². The Morgan fingerprint density at radius 2 is 1.97 bits per heavy atom. The second-order valence-electron chi connectivity index (χ2n) is 7.67. The Bertz CT molecular complexity index is 872. The quantitative estimate of drug-likeness (QED) is 0.702. The summed E-state index contributed by atoms with van der Waals surface area (Å²) in [6.07, 6.45) is 4.01. The molecule has 2 atom stereocenters. The van der Waals surface area contributed by atoms with Crippen molar-refractivity contribution in [1.29, 1.82) is 0 Å². The van der Waals surface area contributed by atoms with Crippen LogP contribution in [-0.2, 0) is 17.2 Å². The van der Waals surface area contributed by atoms with E-state index in [-0.39, 0.29) is 18.6 Å². The summed E-state index contributed by atoms with van der Waals surface area (Å²) in [6.45, 7) is 7.27. The van der Waals surface area contributed by atoms with Crippen LogP contribution in [0.3, 0.4) is 0 Å². The van der Waals surface area contributed by atoms with E-state index >= 15 is 0 Å². The molecule has 1 unspecified atom stereocenters. The van der Waals surface area contributed by atoms with Crippen LogP contribution in [0.15, 0.2) is 23.5 Å². The maximum absolute atomic E-state index is 12.5. The third-order valence-corrected chi connectivity index (χ3v) is 6.91. The molecule has 0 saturated carbocycles. The molecule has 10 heteroatoms. The highest BCUT2D eigenvalue weighted by Gasteiger charge is 2.29. The van der Waals surface area contributed by atoms with Crippen LogP contribution in [0.4, 0.5) is 17.6 Å². The molecule has 2 aromatic heterocycles. The number of aryl methyl sites for hydroxylation is 1. The summed E-state index contributed by atoms with van der Waals surface area (Å²) in [5.74, 6) is 2.99. The van der Waals surface area contributed by atoms with Gasteiger partial charge >= 0.3 is 0 Å². The van der Waals surface area contributed by atoms with Gasteiger partial charge in [-0.1, -0.05) is 13.8 Å². The number of fused-ring (bicyclic) bond motifs is 1. The van der Waals surface area contributed by atoms with Crippen LogP contribution in [0, 0.1) is 5.92 Å². The molecular weight excluding hydrogens is 390 g/mol. The second-order valence-corrected chi connectivity index (χ2v) is 9.17. The summed E-state index contributed by atoms with van der Waals surface area (Å²) < 4.78 is 12.5. The Hall–Kier alpha value is -2.33. The van der Waals surface area contributed by atoms with Crippen molar-refractivity contribution in [2.75, 3.05) is 53.7 Å². The number of aromatic nitrogens is 4. The number of hydrogen-bond acceptors (Lipinski definition) is 9. The maximum Gasteiger partial charge on any atom is 0.227 e. The van der Waals surface area contributed by atoms with Crippen LogP contribution in [0.5, 0.6) is 0 Å². The van der Waals surface area contributed by atoms with Crippen LogP contribution in [-0.4, -0.2) is 73.8 Å². The molecule has 0 aliphatic carbocycles. The van der Waals surface area contributed by atoms with E-state index in [0.29, 0.717) is 28.8 Å². The predicted molar refractivity (Wildman–Crippen MR) is 113 cm³/mol. The lowest BCUT2D eigenvalue weighted by Crippen LogP contribution is -2.47. The molecule has 2 aliphatic heterocycles. The van der Waals surface area contributed by atoms with Gasteiger partial charge in [-0.2, -0.15) is 4.98 Å². The zero-order valence-electron chi connectivity index (χ0n) is 16.8. The standard InChI is InChI=1S/C19H27N7O2S/c1-13(2)15(11-27)22-18-17-14(4-10-29(17)28)23-19(24-18)26-8-6-25(7-9-26)16-3-5-20-12-21-16/h3,5,12-13,15,27H,4,6-11H2,1-2H3,(H,22,23,24)/t15?,29-/m1/s1. The van der Waals surface area contributed by atoms with E-state index in [2.05, 4.69) is 25.1 Å². The largest absolute Gasteiger partial charge is 0.394 e. The van der Waals surface area contributed by atoms with E-state index in [9.17, 15) is 9.32 Å². The third kappa shape index (κ3) is 4.18. The van der Waals surface area contributed by atoms with E-state index in [1.165, 1.54) is 0 Å². The van der Waals surface area contributed by atoms with Gasteiger partial charge < -0.3 is 20.2 Å². The van der Waals surface area contributed by atoms with Gasteiger partial charge in [0.25, 0.3) is 0 Å². The third-order valence-electron chi connectivity index (χ3n) is 5.45. The highest BCUT2D eigenvalue weighted by Crippen LogP contribution is 2.31. The molecular formula is C19H27N7O2S. The molecule has 0 spiro atoms. The van der Waals surface area contributed by atoms with E-state index < -0.39 is 10.8 Å². The van der Waals surface area contributed by atoms with Gasteiger partial charge in [-0.05, 0) is 12.0 Å². The average molecular weight is 418 g/mol. The van der Waals surface area contributed by atoms with Crippen LogP contribution in [0.1, 0.15) is 19.5 Å². The van der Waals surface area contributed by atoms with Crippen LogP contribution >= 0.6 is 0 Å². The Morgan fingerprint density at radius 3 is 2.62 bits per heavy atom. The first-order valence-corrected chi connectivity index (χ1v) is 11.3. The summed E-state index contributed by atoms with van der Waals surface area (Å²) in [7, 11) is -1.09. The molecule has 4 heterocycles. The lowest BCUT2D eigenvalue weighted by atomic mass is 10.1. The zero-order valence-corrected chi connectivity index (χ0v) is 17.6. The Kier molecular flexibility index (Phi) is 5.91. The van der Waals surface area contributed by atoms with Crippen molar-refractivity contribution >= 4 is 28.4 Å². The minimum Gasteiger partial charge on any atom is -0.394 e. The van der Waals surface area contributed by atoms with E-state index in [4.69, 9.17) is 9.97 Å². The van der Waals surface area contributed by atoms with E-state index in [0.717, 1.165) is 37.7 Å². The molecule has 29 heavy (non-hydrogen) atoms. The van der Waals surface area contributed by atoms with Gasteiger partial charge in [0.2, 0.25) is 5.95 Å². The first-order chi connectivity index (χ1) is 14.1. The molecule has 9 nitrogen and oxygen atoms in total. The van der Waals surface area contributed by atoms with Gasteiger partial charge in [-0.25, -0.2) is 15.0 Å². The summed E-state index contributed by atoms with van der Waals surface area (Å²) in [6, 6.07) is 1.77. The first-order valence-electron chi connectivity index (χ1n) is 9.99. The number of hydrogen-bond donors (Lipinski definition) is 2. The monoisotopic (exact) mass is 417 g/mol. The first kappa shape index (κ1) is 20.0. The lowest BCUT2D eigenvalue weighted by Gasteiger charge is -2.35. The van der Waals surface area contributed by atoms with Crippen LogP contribution < -0.4 is 15.1 Å². The molecule has 2 aromatic rings. The Morgan fingerprint density at radius 1 is 1.21 bits per heavy atom. The topological polar surface area (TPSA) is 107 Å². The fourth-order valence-electron chi connectivity index (χ4n) is 3.63. The molecule has 0 amide bonds. The van der Waals surface area contributed by atoms with Crippen molar-refractivity contribution in [3.05, 3.63) is 24.3 Å². The number of piperazine rings is 1. The predicted octanol–water partition coefficient (Wildman–Crippen LogP) is 0.686. The maximum atomic E-state index is 12.5. The molecule has 0 bridgehead atoms. The average Bonchev–Trinajstić information content (AvgIpc) is 3.13. The molecule has 1 fully saturated rings. The summed E-state index contributed by atoms with van der Waals surface area (Å²) >= 11 is 0. The van der Waals surface area contributed by atoms with Gasteiger partial charge in [-0.15, -0.1) is 0 Å². The molecule has 0 radical (unpaired) electrons.